The van der Waals surface area contributed by atoms with Gasteiger partial charge in [0, 0.05) is 30.6 Å². The Balaban J connectivity index is 1.37. The molecule has 184 valence electrons. The summed E-state index contributed by atoms with van der Waals surface area (Å²) in [4.78, 5) is 23.7. The molecule has 3 N–H and O–H groups in total. The third-order valence-electron chi connectivity index (χ3n) is 5.32. The number of nitrogens with zero attached hydrogens (tertiary/aromatic N) is 3. The molecule has 11 heteroatoms. The van der Waals surface area contributed by atoms with Gasteiger partial charge in [0.1, 0.15) is 5.82 Å². The van der Waals surface area contributed by atoms with E-state index in [4.69, 9.17) is 4.74 Å². The molecule has 2 heterocycles. The zero-order valence-corrected chi connectivity index (χ0v) is 20.1. The highest BCUT2D eigenvalue weighted by Gasteiger charge is 2.21. The first-order valence-electron chi connectivity index (χ1n) is 11.3. The Labute approximate surface area is 206 Å². The number of anilines is 3. The molecule has 35 heavy (non-hydrogen) atoms. The van der Waals surface area contributed by atoms with E-state index in [9.17, 15) is 14.0 Å². The third-order valence-corrected chi connectivity index (χ3v) is 6.29. The number of halogens is 1. The summed E-state index contributed by atoms with van der Waals surface area (Å²) in [6, 6.07) is 13.0. The number of amides is 2. The van der Waals surface area contributed by atoms with Crippen molar-refractivity contribution in [2.24, 2.45) is 0 Å². The van der Waals surface area contributed by atoms with Gasteiger partial charge in [0.15, 0.2) is 11.0 Å². The first kappa shape index (κ1) is 24.7. The van der Waals surface area contributed by atoms with Gasteiger partial charge in [-0.15, -0.1) is 10.2 Å². The van der Waals surface area contributed by atoms with E-state index in [1.807, 2.05) is 4.57 Å². The second kappa shape index (κ2) is 11.8. The SMILES string of the molecule is CC(=O)Nc1ccc(NC(=O)CSc2nnc(CNc3ccc(F)cc3)n2C[C@H]2CCCO2)cc1. The Morgan fingerprint density at radius 1 is 1.06 bits per heavy atom. The molecule has 1 aliphatic rings. The summed E-state index contributed by atoms with van der Waals surface area (Å²) in [6.07, 6.45) is 2.05. The minimum Gasteiger partial charge on any atom is -0.378 e. The highest BCUT2D eigenvalue weighted by Crippen LogP contribution is 2.23. The monoisotopic (exact) mass is 498 g/mol. The van der Waals surface area contributed by atoms with Crippen LogP contribution < -0.4 is 16.0 Å². The van der Waals surface area contributed by atoms with Crippen molar-refractivity contribution in [2.75, 3.05) is 28.3 Å². The maximum absolute atomic E-state index is 13.2. The summed E-state index contributed by atoms with van der Waals surface area (Å²) in [5, 5.41) is 18.0. The standard InChI is InChI=1S/C24H27FN6O3S/c1-16(32)27-19-8-10-20(11-9-19)28-23(33)15-35-24-30-29-22(31(24)14-21-3-2-12-34-21)13-26-18-6-4-17(25)5-7-18/h4-11,21,26H,2-3,12-15H2,1H3,(H,27,32)(H,28,33)/t21-/m1/s1. The molecule has 1 fully saturated rings. The number of ether oxygens (including phenoxy) is 1. The molecule has 0 spiro atoms. The zero-order valence-electron chi connectivity index (χ0n) is 19.3. The van der Waals surface area contributed by atoms with Crippen molar-refractivity contribution in [3.63, 3.8) is 0 Å². The summed E-state index contributed by atoms with van der Waals surface area (Å²) in [5.41, 5.74) is 2.07. The lowest BCUT2D eigenvalue weighted by Crippen LogP contribution is -2.20. The fraction of sp³-hybridized carbons (Fsp3) is 0.333. The maximum Gasteiger partial charge on any atom is 0.234 e. The van der Waals surface area contributed by atoms with Gasteiger partial charge < -0.3 is 25.3 Å². The van der Waals surface area contributed by atoms with Crippen LogP contribution in [0, 0.1) is 5.82 Å². The van der Waals surface area contributed by atoms with Crippen LogP contribution in [0.15, 0.2) is 53.7 Å². The zero-order chi connectivity index (χ0) is 24.6. The van der Waals surface area contributed by atoms with E-state index in [-0.39, 0.29) is 29.5 Å². The van der Waals surface area contributed by atoms with Gasteiger partial charge in [-0.25, -0.2) is 4.39 Å². The van der Waals surface area contributed by atoms with Crippen LogP contribution in [0.4, 0.5) is 21.5 Å². The highest BCUT2D eigenvalue weighted by molar-refractivity contribution is 7.99. The molecule has 0 radical (unpaired) electrons. The minimum atomic E-state index is -0.294. The first-order chi connectivity index (χ1) is 17.0. The summed E-state index contributed by atoms with van der Waals surface area (Å²) in [5.74, 6) is 0.235. The van der Waals surface area contributed by atoms with E-state index < -0.39 is 0 Å². The van der Waals surface area contributed by atoms with E-state index in [0.29, 0.717) is 35.4 Å². The molecule has 2 amide bonds. The average molecular weight is 499 g/mol. The third kappa shape index (κ3) is 7.27. The Bertz CT molecular complexity index is 1150. The number of hydrogen-bond acceptors (Lipinski definition) is 7. The number of thioether (sulfide) groups is 1. The van der Waals surface area contributed by atoms with Crippen LogP contribution in [-0.4, -0.2) is 45.0 Å². The summed E-state index contributed by atoms with van der Waals surface area (Å²) in [6.45, 7) is 3.18. The van der Waals surface area contributed by atoms with Gasteiger partial charge in [-0.2, -0.15) is 0 Å². The van der Waals surface area contributed by atoms with Crippen molar-refractivity contribution in [2.45, 2.75) is 44.1 Å². The van der Waals surface area contributed by atoms with Gasteiger partial charge >= 0.3 is 0 Å². The predicted molar refractivity (Wildman–Crippen MR) is 133 cm³/mol. The van der Waals surface area contributed by atoms with Crippen LogP contribution in [0.25, 0.3) is 0 Å². The smallest absolute Gasteiger partial charge is 0.234 e. The van der Waals surface area contributed by atoms with Gasteiger partial charge in [0.05, 0.1) is 24.9 Å². The quantitative estimate of drug-likeness (QED) is 0.364. The molecular weight excluding hydrogens is 471 g/mol. The highest BCUT2D eigenvalue weighted by atomic mass is 32.2. The Kier molecular flexibility index (Phi) is 8.32. The van der Waals surface area contributed by atoms with Crippen LogP contribution in [-0.2, 0) is 27.4 Å². The molecule has 1 saturated heterocycles. The number of hydrogen-bond donors (Lipinski definition) is 3. The number of aromatic nitrogens is 3. The maximum atomic E-state index is 13.2. The molecule has 0 saturated carbocycles. The molecule has 0 aliphatic carbocycles. The van der Waals surface area contributed by atoms with Crippen molar-refractivity contribution in [1.82, 2.24) is 14.8 Å². The van der Waals surface area contributed by atoms with Crippen molar-refractivity contribution >= 4 is 40.6 Å². The number of carbonyl (C=O) groups excluding carboxylic acids is 2. The van der Waals surface area contributed by atoms with Crippen molar-refractivity contribution in [1.29, 1.82) is 0 Å². The van der Waals surface area contributed by atoms with E-state index >= 15 is 0 Å². The van der Waals surface area contributed by atoms with Gasteiger partial charge in [0.2, 0.25) is 11.8 Å². The van der Waals surface area contributed by atoms with E-state index in [1.165, 1.54) is 30.8 Å². The molecule has 3 aromatic rings. The number of nitrogens with one attached hydrogen (secondary N) is 3. The Morgan fingerprint density at radius 2 is 1.74 bits per heavy atom. The van der Waals surface area contributed by atoms with Crippen LogP contribution in [0.5, 0.6) is 0 Å². The largest absolute Gasteiger partial charge is 0.378 e. The van der Waals surface area contributed by atoms with E-state index in [2.05, 4.69) is 26.1 Å². The normalized spacial score (nSPS) is 15.1. The second-order valence-corrected chi connectivity index (χ2v) is 9.04. The van der Waals surface area contributed by atoms with Crippen LogP contribution in [0.3, 0.4) is 0 Å². The first-order valence-corrected chi connectivity index (χ1v) is 12.3. The summed E-state index contributed by atoms with van der Waals surface area (Å²) in [7, 11) is 0. The number of carbonyl (C=O) groups is 2. The second-order valence-electron chi connectivity index (χ2n) is 8.10. The van der Waals surface area contributed by atoms with Gasteiger partial charge in [0.25, 0.3) is 0 Å². The predicted octanol–water partition coefficient (Wildman–Crippen LogP) is 3.90. The molecule has 1 aliphatic heterocycles. The number of benzene rings is 2. The molecule has 9 nitrogen and oxygen atoms in total. The van der Waals surface area contributed by atoms with E-state index in [1.54, 1.807) is 36.4 Å². The lowest BCUT2D eigenvalue weighted by atomic mass is 10.2. The fourth-order valence-electron chi connectivity index (χ4n) is 3.65. The summed E-state index contributed by atoms with van der Waals surface area (Å²) >= 11 is 1.30. The fourth-order valence-corrected chi connectivity index (χ4v) is 4.41. The van der Waals surface area contributed by atoms with Crippen LogP contribution >= 0.6 is 11.8 Å². The van der Waals surface area contributed by atoms with Gasteiger partial charge in [-0.05, 0) is 61.4 Å². The Hall–Kier alpha value is -3.44. The van der Waals surface area contributed by atoms with Crippen LogP contribution in [0.1, 0.15) is 25.6 Å². The summed E-state index contributed by atoms with van der Waals surface area (Å²) < 4.78 is 21.0. The molecule has 0 bridgehead atoms. The lowest BCUT2D eigenvalue weighted by Gasteiger charge is -2.15. The molecule has 2 aromatic carbocycles. The topological polar surface area (TPSA) is 110 Å². The minimum absolute atomic E-state index is 0.0749. The van der Waals surface area contributed by atoms with Crippen molar-refractivity contribution in [3.8, 4) is 0 Å². The molecule has 0 unspecified atom stereocenters. The molecule has 1 atom stereocenters. The lowest BCUT2D eigenvalue weighted by molar-refractivity contribution is -0.114. The molecule has 1 aromatic heterocycles. The van der Waals surface area contributed by atoms with Crippen LogP contribution in [0.2, 0.25) is 0 Å². The molecular formula is C24H27FN6O3S. The van der Waals surface area contributed by atoms with Gasteiger partial charge in [-0.1, -0.05) is 11.8 Å². The van der Waals surface area contributed by atoms with Crippen molar-refractivity contribution < 1.29 is 18.7 Å². The molecule has 4 rings (SSSR count). The van der Waals surface area contributed by atoms with Crippen molar-refractivity contribution in [3.05, 3.63) is 60.2 Å². The van der Waals surface area contributed by atoms with E-state index in [0.717, 1.165) is 25.1 Å². The van der Waals surface area contributed by atoms with Gasteiger partial charge in [-0.3, -0.25) is 9.59 Å². The number of rotatable bonds is 10. The Morgan fingerprint density at radius 3 is 2.40 bits per heavy atom. The average Bonchev–Trinajstić information content (AvgIpc) is 3.49.